The highest BCUT2D eigenvalue weighted by molar-refractivity contribution is 5.85. The molecule has 0 bridgehead atoms. The van der Waals surface area contributed by atoms with Crippen LogP contribution in [0.25, 0.3) is 0 Å². The average Bonchev–Trinajstić information content (AvgIpc) is 2.56. The Morgan fingerprint density at radius 1 is 1.39 bits per heavy atom. The van der Waals surface area contributed by atoms with E-state index in [0.717, 1.165) is 31.5 Å². The minimum Gasteiger partial charge on any atom is -0.370 e. The summed E-state index contributed by atoms with van der Waals surface area (Å²) < 4.78 is 18.8. The van der Waals surface area contributed by atoms with Gasteiger partial charge >= 0.3 is 0 Å². The van der Waals surface area contributed by atoms with Crippen molar-refractivity contribution in [2.24, 2.45) is 5.41 Å². The molecule has 2 fully saturated rings. The number of amides is 1. The van der Waals surface area contributed by atoms with Crippen LogP contribution in [0.2, 0.25) is 0 Å². The smallest absolute Gasteiger partial charge is 0.229 e. The number of hydrogen-bond acceptors (Lipinski definition) is 3. The van der Waals surface area contributed by atoms with Crippen LogP contribution in [0.15, 0.2) is 24.3 Å². The second-order valence-corrected chi connectivity index (χ2v) is 6.50. The van der Waals surface area contributed by atoms with Gasteiger partial charge in [-0.05, 0) is 44.0 Å². The minimum atomic E-state index is -0.317. The van der Waals surface area contributed by atoms with Crippen LogP contribution in [0.5, 0.6) is 0 Å². The molecule has 1 N–H and O–H groups in total. The topological polar surface area (TPSA) is 41.6 Å². The summed E-state index contributed by atoms with van der Waals surface area (Å²) in [7, 11) is 0. The van der Waals surface area contributed by atoms with Gasteiger partial charge < -0.3 is 15.0 Å². The van der Waals surface area contributed by atoms with Crippen LogP contribution >= 0.6 is 12.4 Å². The number of carbonyl (C=O) groups is 1. The summed E-state index contributed by atoms with van der Waals surface area (Å²) in [6.07, 6.45) is 1.80. The first-order valence-electron chi connectivity index (χ1n) is 7.96. The van der Waals surface area contributed by atoms with E-state index < -0.39 is 0 Å². The van der Waals surface area contributed by atoms with E-state index in [1.54, 1.807) is 12.1 Å². The number of piperidine rings is 1. The molecule has 0 aromatic heterocycles. The third-order valence-corrected chi connectivity index (χ3v) is 4.71. The number of nitrogens with one attached hydrogen (secondary N) is 1. The van der Waals surface area contributed by atoms with Crippen molar-refractivity contribution in [2.75, 3.05) is 32.8 Å². The summed E-state index contributed by atoms with van der Waals surface area (Å²) in [5, 5.41) is 3.32. The maximum atomic E-state index is 13.0. The van der Waals surface area contributed by atoms with Gasteiger partial charge in [0, 0.05) is 13.1 Å². The van der Waals surface area contributed by atoms with Gasteiger partial charge in [-0.15, -0.1) is 12.4 Å². The van der Waals surface area contributed by atoms with Crippen molar-refractivity contribution in [3.63, 3.8) is 0 Å². The molecule has 3 rings (SSSR count). The van der Waals surface area contributed by atoms with E-state index in [4.69, 9.17) is 4.74 Å². The SMILES string of the molecule is CC1(C(=O)N2CCOC(c3ccc(F)cc3)C2)CCCNC1.Cl. The number of hydrogen-bond donors (Lipinski definition) is 1. The average molecular weight is 343 g/mol. The Hall–Kier alpha value is -1.17. The highest BCUT2D eigenvalue weighted by Crippen LogP contribution is 2.31. The lowest BCUT2D eigenvalue weighted by Crippen LogP contribution is -2.53. The highest BCUT2D eigenvalue weighted by atomic mass is 35.5. The highest BCUT2D eigenvalue weighted by Gasteiger charge is 2.39. The fourth-order valence-electron chi connectivity index (χ4n) is 3.33. The molecule has 1 aromatic rings. The lowest BCUT2D eigenvalue weighted by molar-refractivity contribution is -0.150. The number of halogens is 2. The molecule has 0 radical (unpaired) electrons. The molecule has 128 valence electrons. The van der Waals surface area contributed by atoms with Gasteiger partial charge in [0.05, 0.1) is 18.6 Å². The van der Waals surface area contributed by atoms with Crippen molar-refractivity contribution < 1.29 is 13.9 Å². The maximum absolute atomic E-state index is 13.0. The summed E-state index contributed by atoms with van der Waals surface area (Å²) in [5.41, 5.74) is 0.606. The van der Waals surface area contributed by atoms with Crippen LogP contribution < -0.4 is 5.32 Å². The predicted molar refractivity (Wildman–Crippen MR) is 89.1 cm³/mol. The molecule has 2 saturated heterocycles. The number of morpholine rings is 1. The first-order valence-corrected chi connectivity index (χ1v) is 7.96. The van der Waals surface area contributed by atoms with Crippen LogP contribution in [0.3, 0.4) is 0 Å². The van der Waals surface area contributed by atoms with Crippen molar-refractivity contribution in [2.45, 2.75) is 25.9 Å². The van der Waals surface area contributed by atoms with Crippen molar-refractivity contribution in [1.82, 2.24) is 10.2 Å². The Kier molecular flexibility index (Phi) is 6.00. The van der Waals surface area contributed by atoms with Gasteiger partial charge in [-0.25, -0.2) is 4.39 Å². The van der Waals surface area contributed by atoms with Gasteiger partial charge in [-0.1, -0.05) is 12.1 Å². The zero-order valence-corrected chi connectivity index (χ0v) is 14.2. The molecular formula is C17H24ClFN2O2. The summed E-state index contributed by atoms with van der Waals surface area (Å²) in [6, 6.07) is 6.34. The Bertz CT molecular complexity index is 532. The second kappa shape index (κ2) is 7.60. The number of carbonyl (C=O) groups excluding carboxylic acids is 1. The molecule has 2 aliphatic heterocycles. The van der Waals surface area contributed by atoms with Gasteiger partial charge in [0.1, 0.15) is 11.9 Å². The molecule has 0 saturated carbocycles. The fourth-order valence-corrected chi connectivity index (χ4v) is 3.33. The Labute approximate surface area is 142 Å². The molecule has 2 atom stereocenters. The van der Waals surface area contributed by atoms with Crippen LogP contribution in [0, 0.1) is 11.2 Å². The molecule has 0 spiro atoms. The molecule has 0 aliphatic carbocycles. The lowest BCUT2D eigenvalue weighted by atomic mass is 9.81. The van der Waals surface area contributed by atoms with E-state index in [2.05, 4.69) is 5.32 Å². The predicted octanol–water partition coefficient (Wildman–Crippen LogP) is 2.54. The van der Waals surface area contributed by atoms with Gasteiger partial charge in [-0.3, -0.25) is 4.79 Å². The minimum absolute atomic E-state index is 0. The summed E-state index contributed by atoms with van der Waals surface area (Å²) >= 11 is 0. The standard InChI is InChI=1S/C17H23FN2O2.ClH/c1-17(7-2-8-19-12-17)16(21)20-9-10-22-15(11-20)13-3-5-14(18)6-4-13;/h3-6,15,19H,2,7-12H2,1H3;1H. The maximum Gasteiger partial charge on any atom is 0.229 e. The zero-order chi connectivity index (χ0) is 15.6. The van der Waals surface area contributed by atoms with Crippen LogP contribution in [-0.2, 0) is 9.53 Å². The molecule has 4 nitrogen and oxygen atoms in total. The van der Waals surface area contributed by atoms with E-state index in [1.165, 1.54) is 12.1 Å². The Balaban J connectivity index is 0.00000192. The molecule has 2 heterocycles. The molecule has 23 heavy (non-hydrogen) atoms. The van der Waals surface area contributed by atoms with Gasteiger partial charge in [-0.2, -0.15) is 0 Å². The van der Waals surface area contributed by atoms with Crippen molar-refractivity contribution in [1.29, 1.82) is 0 Å². The first-order chi connectivity index (χ1) is 10.6. The lowest BCUT2D eigenvalue weighted by Gasteiger charge is -2.41. The van der Waals surface area contributed by atoms with Crippen LogP contribution in [-0.4, -0.2) is 43.6 Å². The van der Waals surface area contributed by atoms with E-state index in [9.17, 15) is 9.18 Å². The number of nitrogens with zero attached hydrogens (tertiary/aromatic N) is 1. The third-order valence-electron chi connectivity index (χ3n) is 4.71. The van der Waals surface area contributed by atoms with E-state index in [-0.39, 0.29) is 35.7 Å². The number of benzene rings is 1. The van der Waals surface area contributed by atoms with Gasteiger partial charge in [0.25, 0.3) is 0 Å². The third kappa shape index (κ3) is 4.03. The quantitative estimate of drug-likeness (QED) is 0.898. The number of ether oxygens (including phenoxy) is 1. The summed E-state index contributed by atoms with van der Waals surface area (Å²) in [5.74, 6) is -0.0524. The molecule has 2 aliphatic rings. The van der Waals surface area contributed by atoms with Crippen LogP contribution in [0.1, 0.15) is 31.4 Å². The second-order valence-electron chi connectivity index (χ2n) is 6.50. The van der Waals surface area contributed by atoms with Gasteiger partial charge in [0.15, 0.2) is 0 Å². The fraction of sp³-hybridized carbons (Fsp3) is 0.588. The van der Waals surface area contributed by atoms with Crippen LogP contribution in [0.4, 0.5) is 4.39 Å². The molecule has 2 unspecified atom stereocenters. The van der Waals surface area contributed by atoms with E-state index in [1.807, 2.05) is 11.8 Å². The molecule has 1 amide bonds. The van der Waals surface area contributed by atoms with E-state index >= 15 is 0 Å². The Morgan fingerprint density at radius 2 is 2.13 bits per heavy atom. The van der Waals surface area contributed by atoms with Crippen molar-refractivity contribution >= 4 is 18.3 Å². The molecular weight excluding hydrogens is 319 g/mol. The van der Waals surface area contributed by atoms with Crippen molar-refractivity contribution in [3.8, 4) is 0 Å². The summed E-state index contributed by atoms with van der Waals surface area (Å²) in [4.78, 5) is 14.8. The normalized spacial score (nSPS) is 28.1. The van der Waals surface area contributed by atoms with Crippen molar-refractivity contribution in [3.05, 3.63) is 35.6 Å². The Morgan fingerprint density at radius 3 is 2.78 bits per heavy atom. The largest absolute Gasteiger partial charge is 0.370 e. The number of rotatable bonds is 2. The summed E-state index contributed by atoms with van der Waals surface area (Å²) in [6.45, 7) is 5.47. The zero-order valence-electron chi connectivity index (χ0n) is 13.4. The molecule has 1 aromatic carbocycles. The molecule has 6 heteroatoms. The monoisotopic (exact) mass is 342 g/mol. The van der Waals surface area contributed by atoms with Gasteiger partial charge in [0.2, 0.25) is 5.91 Å². The van der Waals surface area contributed by atoms with E-state index in [0.29, 0.717) is 19.7 Å². The first kappa shape index (κ1) is 18.2.